The van der Waals surface area contributed by atoms with Gasteiger partial charge in [0.1, 0.15) is 17.2 Å². The van der Waals surface area contributed by atoms with Crippen molar-refractivity contribution in [2.24, 2.45) is 0 Å². The maximum absolute atomic E-state index is 13.7. The van der Waals surface area contributed by atoms with Crippen molar-refractivity contribution in [1.82, 2.24) is 9.80 Å². The van der Waals surface area contributed by atoms with Crippen molar-refractivity contribution >= 4 is 27.7 Å². The van der Waals surface area contributed by atoms with E-state index in [4.69, 9.17) is 0 Å². The number of benzene rings is 1. The van der Waals surface area contributed by atoms with Gasteiger partial charge in [0.05, 0.1) is 0 Å². The van der Waals surface area contributed by atoms with Gasteiger partial charge in [-0.15, -0.1) is 0 Å². The minimum atomic E-state index is -0.893. The Morgan fingerprint density at radius 1 is 1.05 bits per heavy atom. The number of carbonyl (C=O) groups is 2. The summed E-state index contributed by atoms with van der Waals surface area (Å²) in [4.78, 5) is 26.3. The first-order valence-corrected chi connectivity index (χ1v) is 6.89. The number of halogens is 3. The van der Waals surface area contributed by atoms with Crippen molar-refractivity contribution in [2.45, 2.75) is 6.92 Å². The molecule has 2 rings (SSSR count). The number of rotatable bonds is 1. The lowest BCUT2D eigenvalue weighted by Gasteiger charge is -2.34. The molecule has 1 aliphatic rings. The van der Waals surface area contributed by atoms with E-state index < -0.39 is 23.1 Å². The van der Waals surface area contributed by atoms with Gasteiger partial charge in [0.15, 0.2) is 0 Å². The van der Waals surface area contributed by atoms with E-state index in [2.05, 4.69) is 15.9 Å². The lowest BCUT2D eigenvalue weighted by atomic mass is 10.1. The highest BCUT2D eigenvalue weighted by molar-refractivity contribution is 9.10. The summed E-state index contributed by atoms with van der Waals surface area (Å²) in [6, 6.07) is 2.12. The van der Waals surface area contributed by atoms with Gasteiger partial charge in [-0.1, -0.05) is 15.9 Å². The van der Waals surface area contributed by atoms with E-state index in [0.29, 0.717) is 13.1 Å². The van der Waals surface area contributed by atoms with Crippen LogP contribution in [0.2, 0.25) is 0 Å². The molecular formula is C13H13BrF2N2O2. The fourth-order valence-electron chi connectivity index (χ4n) is 2.13. The third kappa shape index (κ3) is 2.98. The van der Waals surface area contributed by atoms with E-state index in [1.54, 1.807) is 4.90 Å². The molecule has 0 radical (unpaired) electrons. The fraction of sp³-hybridized carbons (Fsp3) is 0.385. The Morgan fingerprint density at radius 2 is 1.50 bits per heavy atom. The SMILES string of the molecule is CC(=O)N1CCN(C(=O)c2c(F)cc(Br)cc2F)CC1. The van der Waals surface area contributed by atoms with Gasteiger partial charge in [0.2, 0.25) is 5.91 Å². The van der Waals surface area contributed by atoms with Gasteiger partial charge in [-0.3, -0.25) is 9.59 Å². The van der Waals surface area contributed by atoms with Gasteiger partial charge >= 0.3 is 0 Å². The molecule has 7 heteroatoms. The quantitative estimate of drug-likeness (QED) is 0.780. The second kappa shape index (κ2) is 5.87. The Bertz CT molecular complexity index is 534. The van der Waals surface area contributed by atoms with Crippen LogP contribution in [-0.4, -0.2) is 47.8 Å². The Kier molecular flexibility index (Phi) is 4.37. The molecule has 1 heterocycles. The largest absolute Gasteiger partial charge is 0.339 e. The van der Waals surface area contributed by atoms with E-state index in [0.717, 1.165) is 12.1 Å². The molecule has 108 valence electrons. The van der Waals surface area contributed by atoms with Crippen molar-refractivity contribution in [3.8, 4) is 0 Å². The van der Waals surface area contributed by atoms with Crippen LogP contribution in [0.25, 0.3) is 0 Å². The number of nitrogens with zero attached hydrogens (tertiary/aromatic N) is 2. The first-order valence-electron chi connectivity index (χ1n) is 6.09. The third-order valence-corrected chi connectivity index (χ3v) is 3.69. The molecule has 1 fully saturated rings. The van der Waals surface area contributed by atoms with Crippen molar-refractivity contribution in [2.75, 3.05) is 26.2 Å². The molecule has 1 saturated heterocycles. The van der Waals surface area contributed by atoms with Gasteiger partial charge in [-0.2, -0.15) is 0 Å². The Labute approximate surface area is 123 Å². The van der Waals surface area contributed by atoms with Crippen LogP contribution in [0.15, 0.2) is 16.6 Å². The van der Waals surface area contributed by atoms with Crippen molar-refractivity contribution < 1.29 is 18.4 Å². The maximum Gasteiger partial charge on any atom is 0.259 e. The van der Waals surface area contributed by atoms with E-state index in [1.165, 1.54) is 11.8 Å². The molecule has 1 aromatic rings. The molecule has 2 amide bonds. The van der Waals surface area contributed by atoms with Crippen LogP contribution in [0.3, 0.4) is 0 Å². The number of carbonyl (C=O) groups excluding carboxylic acids is 2. The summed E-state index contributed by atoms with van der Waals surface area (Å²) in [5, 5.41) is 0. The van der Waals surface area contributed by atoms with Crippen LogP contribution in [0.4, 0.5) is 8.78 Å². The standard InChI is InChI=1S/C13H13BrF2N2O2/c1-8(19)17-2-4-18(5-3-17)13(20)12-10(15)6-9(14)7-11(12)16/h6-7H,2-5H2,1H3. The zero-order chi connectivity index (χ0) is 14.9. The van der Waals surface area contributed by atoms with Crippen LogP contribution in [-0.2, 0) is 4.79 Å². The van der Waals surface area contributed by atoms with Gasteiger partial charge in [-0.05, 0) is 12.1 Å². The molecule has 0 unspecified atom stereocenters. The lowest BCUT2D eigenvalue weighted by molar-refractivity contribution is -0.130. The second-order valence-corrected chi connectivity index (χ2v) is 5.46. The highest BCUT2D eigenvalue weighted by atomic mass is 79.9. The highest BCUT2D eigenvalue weighted by Crippen LogP contribution is 2.21. The summed E-state index contributed by atoms with van der Waals surface area (Å²) in [5.41, 5.74) is -0.551. The number of hydrogen-bond acceptors (Lipinski definition) is 2. The Morgan fingerprint density at radius 3 is 1.95 bits per heavy atom. The molecule has 0 saturated carbocycles. The number of amides is 2. The van der Waals surface area contributed by atoms with E-state index in [9.17, 15) is 18.4 Å². The summed E-state index contributed by atoms with van der Waals surface area (Å²) in [5.74, 6) is -2.54. The average Bonchev–Trinajstić information content (AvgIpc) is 2.37. The monoisotopic (exact) mass is 346 g/mol. The molecule has 0 bridgehead atoms. The van der Waals surface area contributed by atoms with Crippen LogP contribution in [0.5, 0.6) is 0 Å². The van der Waals surface area contributed by atoms with Gasteiger partial charge < -0.3 is 9.80 Å². The molecule has 0 N–H and O–H groups in total. The molecular weight excluding hydrogens is 334 g/mol. The van der Waals surface area contributed by atoms with Crippen LogP contribution < -0.4 is 0 Å². The highest BCUT2D eigenvalue weighted by Gasteiger charge is 2.27. The Hall–Kier alpha value is -1.50. The smallest absolute Gasteiger partial charge is 0.259 e. The van der Waals surface area contributed by atoms with Crippen molar-refractivity contribution in [3.05, 3.63) is 33.8 Å². The number of piperazine rings is 1. The van der Waals surface area contributed by atoms with Crippen molar-refractivity contribution in [1.29, 1.82) is 0 Å². The molecule has 20 heavy (non-hydrogen) atoms. The zero-order valence-electron chi connectivity index (χ0n) is 10.8. The van der Waals surface area contributed by atoms with Crippen LogP contribution in [0.1, 0.15) is 17.3 Å². The van der Waals surface area contributed by atoms with Crippen molar-refractivity contribution in [3.63, 3.8) is 0 Å². The molecule has 0 atom stereocenters. The van der Waals surface area contributed by atoms with Gasteiger partial charge in [0.25, 0.3) is 5.91 Å². The summed E-state index contributed by atoms with van der Waals surface area (Å²) in [6.45, 7) is 2.74. The summed E-state index contributed by atoms with van der Waals surface area (Å²) in [6.07, 6.45) is 0. The summed E-state index contributed by atoms with van der Waals surface area (Å²) in [7, 11) is 0. The minimum absolute atomic E-state index is 0.0712. The molecule has 0 aliphatic carbocycles. The molecule has 1 aromatic carbocycles. The zero-order valence-corrected chi connectivity index (χ0v) is 12.4. The lowest BCUT2D eigenvalue weighted by Crippen LogP contribution is -2.50. The molecule has 1 aliphatic heterocycles. The molecule has 0 aromatic heterocycles. The average molecular weight is 347 g/mol. The topological polar surface area (TPSA) is 40.6 Å². The number of hydrogen-bond donors (Lipinski definition) is 0. The maximum atomic E-state index is 13.7. The first kappa shape index (κ1) is 14.9. The predicted octanol–water partition coefficient (Wildman–Crippen LogP) is 2.03. The second-order valence-electron chi connectivity index (χ2n) is 4.54. The predicted molar refractivity (Wildman–Crippen MR) is 72.2 cm³/mol. The molecule has 4 nitrogen and oxygen atoms in total. The third-order valence-electron chi connectivity index (χ3n) is 3.23. The van der Waals surface area contributed by atoms with Crippen LogP contribution >= 0.6 is 15.9 Å². The van der Waals surface area contributed by atoms with Gasteiger partial charge in [-0.25, -0.2) is 8.78 Å². The van der Waals surface area contributed by atoms with Crippen LogP contribution in [0, 0.1) is 11.6 Å². The van der Waals surface area contributed by atoms with E-state index in [1.807, 2.05) is 0 Å². The van der Waals surface area contributed by atoms with Gasteiger partial charge in [0, 0.05) is 37.6 Å². The molecule has 0 spiro atoms. The normalized spacial score (nSPS) is 15.4. The summed E-state index contributed by atoms with van der Waals surface area (Å²) < 4.78 is 27.7. The summed E-state index contributed by atoms with van der Waals surface area (Å²) >= 11 is 2.97. The Balaban J connectivity index is 2.16. The first-order chi connectivity index (χ1) is 9.40. The minimum Gasteiger partial charge on any atom is -0.339 e. The fourth-order valence-corrected chi connectivity index (χ4v) is 2.53. The van der Waals surface area contributed by atoms with E-state index in [-0.39, 0.29) is 23.5 Å². The van der Waals surface area contributed by atoms with E-state index >= 15 is 0 Å².